The molecule has 1 rings (SSSR count). The molecule has 5 heteroatoms. The first-order chi connectivity index (χ1) is 7.60. The van der Waals surface area contributed by atoms with Gasteiger partial charge in [0.05, 0.1) is 0 Å². The van der Waals surface area contributed by atoms with Gasteiger partial charge in [0, 0.05) is 19.6 Å². The predicted molar refractivity (Wildman–Crippen MR) is 66.4 cm³/mol. The van der Waals surface area contributed by atoms with Crippen LogP contribution in [0.4, 0.5) is 0 Å². The van der Waals surface area contributed by atoms with Gasteiger partial charge < -0.3 is 0 Å². The Balaban J connectivity index is 2.44. The van der Waals surface area contributed by atoms with E-state index in [1.54, 1.807) is 4.31 Å². The molecule has 0 spiro atoms. The Bertz CT molecular complexity index is 280. The highest BCUT2D eigenvalue weighted by molar-refractivity contribution is 7.87. The second-order valence-corrected chi connectivity index (χ2v) is 6.25. The van der Waals surface area contributed by atoms with Crippen LogP contribution in [0.2, 0.25) is 0 Å². The molecule has 0 radical (unpaired) electrons. The zero-order chi connectivity index (χ0) is 12.0. The fraction of sp³-hybridized carbons (Fsp3) is 1.00. The molecule has 0 aromatic rings. The summed E-state index contributed by atoms with van der Waals surface area (Å²) in [6, 6.07) is 0. The van der Waals surface area contributed by atoms with Crippen molar-refractivity contribution in [1.82, 2.24) is 9.03 Å². The summed E-state index contributed by atoms with van der Waals surface area (Å²) >= 11 is 0. The first-order valence-corrected chi connectivity index (χ1v) is 7.79. The van der Waals surface area contributed by atoms with Crippen LogP contribution in [0.25, 0.3) is 0 Å². The van der Waals surface area contributed by atoms with Gasteiger partial charge in [-0.1, -0.05) is 33.1 Å². The van der Waals surface area contributed by atoms with E-state index in [0.717, 1.165) is 32.1 Å². The maximum atomic E-state index is 11.9. The summed E-state index contributed by atoms with van der Waals surface area (Å²) in [5, 5.41) is 0. The lowest BCUT2D eigenvalue weighted by atomic mass is 10.0. The van der Waals surface area contributed by atoms with Gasteiger partial charge in [0.15, 0.2) is 0 Å². The van der Waals surface area contributed by atoms with Crippen LogP contribution in [0.1, 0.15) is 46.0 Å². The topological polar surface area (TPSA) is 49.4 Å². The zero-order valence-corrected chi connectivity index (χ0v) is 11.2. The van der Waals surface area contributed by atoms with Crippen molar-refractivity contribution < 1.29 is 8.42 Å². The molecule has 0 saturated carbocycles. The standard InChI is InChI=1S/C11H24N2O2S/c1-3-11(4-2)10-12-16(14,15)13-8-6-5-7-9-13/h11-12H,3-10H2,1-2H3. The number of rotatable bonds is 6. The Morgan fingerprint density at radius 2 is 1.69 bits per heavy atom. The highest BCUT2D eigenvalue weighted by Gasteiger charge is 2.23. The summed E-state index contributed by atoms with van der Waals surface area (Å²) in [7, 11) is -3.22. The van der Waals surface area contributed by atoms with Crippen molar-refractivity contribution in [1.29, 1.82) is 0 Å². The van der Waals surface area contributed by atoms with E-state index in [4.69, 9.17) is 0 Å². The number of nitrogens with zero attached hydrogens (tertiary/aromatic N) is 1. The molecule has 4 nitrogen and oxygen atoms in total. The summed E-state index contributed by atoms with van der Waals surface area (Å²) in [6.07, 6.45) is 5.19. The predicted octanol–water partition coefficient (Wildman–Crippen LogP) is 1.74. The van der Waals surface area contributed by atoms with E-state index in [9.17, 15) is 8.42 Å². The largest absolute Gasteiger partial charge is 0.279 e. The third-order valence-corrected chi connectivity index (χ3v) is 4.94. The van der Waals surface area contributed by atoms with Crippen molar-refractivity contribution in [3.8, 4) is 0 Å². The molecule has 1 saturated heterocycles. The van der Waals surface area contributed by atoms with Crippen molar-refractivity contribution in [2.24, 2.45) is 5.92 Å². The summed E-state index contributed by atoms with van der Waals surface area (Å²) in [5.41, 5.74) is 0. The van der Waals surface area contributed by atoms with Gasteiger partial charge in [-0.05, 0) is 18.8 Å². The average molecular weight is 248 g/mol. The second-order valence-electron chi connectivity index (χ2n) is 4.50. The Kier molecular flexibility index (Phi) is 5.72. The molecule has 96 valence electrons. The molecule has 16 heavy (non-hydrogen) atoms. The minimum absolute atomic E-state index is 0.458. The summed E-state index contributed by atoms with van der Waals surface area (Å²) < 4.78 is 28.2. The Labute approximate surface area is 99.6 Å². The molecule has 1 N–H and O–H groups in total. The molecule has 0 atom stereocenters. The molecular formula is C11H24N2O2S. The van der Waals surface area contributed by atoms with Gasteiger partial charge in [0.1, 0.15) is 0 Å². The third-order valence-electron chi connectivity index (χ3n) is 3.36. The molecule has 1 aliphatic rings. The second kappa shape index (κ2) is 6.57. The van der Waals surface area contributed by atoms with Crippen LogP contribution < -0.4 is 4.72 Å². The maximum Gasteiger partial charge on any atom is 0.279 e. The van der Waals surface area contributed by atoms with Gasteiger partial charge in [-0.15, -0.1) is 0 Å². The van der Waals surface area contributed by atoms with Crippen LogP contribution in [-0.4, -0.2) is 32.4 Å². The van der Waals surface area contributed by atoms with Crippen molar-refractivity contribution >= 4 is 10.2 Å². The van der Waals surface area contributed by atoms with Crippen LogP contribution in [-0.2, 0) is 10.2 Å². The lowest BCUT2D eigenvalue weighted by Gasteiger charge is -2.26. The Morgan fingerprint density at radius 3 is 2.19 bits per heavy atom. The van der Waals surface area contributed by atoms with Crippen molar-refractivity contribution in [3.63, 3.8) is 0 Å². The number of piperidine rings is 1. The van der Waals surface area contributed by atoms with Crippen LogP contribution in [0.15, 0.2) is 0 Å². The van der Waals surface area contributed by atoms with E-state index in [2.05, 4.69) is 18.6 Å². The summed E-state index contributed by atoms with van der Waals surface area (Å²) in [4.78, 5) is 0. The molecule has 0 amide bonds. The lowest BCUT2D eigenvalue weighted by molar-refractivity contribution is 0.338. The minimum Gasteiger partial charge on any atom is -0.202 e. The molecule has 1 aliphatic heterocycles. The van der Waals surface area contributed by atoms with E-state index in [-0.39, 0.29) is 0 Å². The molecule has 0 aromatic carbocycles. The quantitative estimate of drug-likeness (QED) is 0.778. The minimum atomic E-state index is -3.22. The number of hydrogen-bond donors (Lipinski definition) is 1. The van der Waals surface area contributed by atoms with E-state index in [1.165, 1.54) is 0 Å². The molecule has 0 unspecified atom stereocenters. The molecule has 1 fully saturated rings. The van der Waals surface area contributed by atoms with Crippen molar-refractivity contribution in [3.05, 3.63) is 0 Å². The van der Waals surface area contributed by atoms with Crippen LogP contribution in [0, 0.1) is 5.92 Å². The van der Waals surface area contributed by atoms with Gasteiger partial charge in [-0.2, -0.15) is 12.7 Å². The van der Waals surface area contributed by atoms with E-state index in [1.807, 2.05) is 0 Å². The summed E-state index contributed by atoms with van der Waals surface area (Å²) in [5.74, 6) is 0.458. The molecule has 0 aliphatic carbocycles. The van der Waals surface area contributed by atoms with Gasteiger partial charge in [0.25, 0.3) is 10.2 Å². The van der Waals surface area contributed by atoms with E-state index < -0.39 is 10.2 Å². The van der Waals surface area contributed by atoms with Gasteiger partial charge in [0.2, 0.25) is 0 Å². The van der Waals surface area contributed by atoms with E-state index in [0.29, 0.717) is 25.6 Å². The fourth-order valence-corrected chi connectivity index (χ4v) is 3.36. The third kappa shape index (κ3) is 4.03. The monoisotopic (exact) mass is 248 g/mol. The van der Waals surface area contributed by atoms with Gasteiger partial charge in [-0.25, -0.2) is 4.72 Å². The molecule has 0 aromatic heterocycles. The van der Waals surface area contributed by atoms with Gasteiger partial charge in [-0.3, -0.25) is 0 Å². The lowest BCUT2D eigenvalue weighted by Crippen LogP contribution is -2.44. The number of nitrogens with one attached hydrogen (secondary N) is 1. The Hall–Kier alpha value is -0.130. The van der Waals surface area contributed by atoms with Crippen LogP contribution >= 0.6 is 0 Å². The molecule has 0 bridgehead atoms. The highest BCUT2D eigenvalue weighted by atomic mass is 32.2. The van der Waals surface area contributed by atoms with Crippen LogP contribution in [0.3, 0.4) is 0 Å². The summed E-state index contributed by atoms with van der Waals surface area (Å²) in [6.45, 7) is 6.13. The first-order valence-electron chi connectivity index (χ1n) is 6.34. The van der Waals surface area contributed by atoms with Crippen molar-refractivity contribution in [2.45, 2.75) is 46.0 Å². The molecular weight excluding hydrogens is 224 g/mol. The molecule has 1 heterocycles. The van der Waals surface area contributed by atoms with Gasteiger partial charge >= 0.3 is 0 Å². The average Bonchev–Trinajstić information content (AvgIpc) is 2.31. The Morgan fingerprint density at radius 1 is 1.12 bits per heavy atom. The van der Waals surface area contributed by atoms with E-state index >= 15 is 0 Å². The maximum absolute atomic E-state index is 11.9. The normalized spacial score (nSPS) is 19.2. The SMILES string of the molecule is CCC(CC)CNS(=O)(=O)N1CCCCC1. The highest BCUT2D eigenvalue weighted by Crippen LogP contribution is 2.13. The smallest absolute Gasteiger partial charge is 0.202 e. The number of hydrogen-bond acceptors (Lipinski definition) is 2. The van der Waals surface area contributed by atoms with Crippen molar-refractivity contribution in [2.75, 3.05) is 19.6 Å². The zero-order valence-electron chi connectivity index (χ0n) is 10.4. The first kappa shape index (κ1) is 13.9. The fourth-order valence-electron chi connectivity index (χ4n) is 2.00. The van der Waals surface area contributed by atoms with Crippen LogP contribution in [0.5, 0.6) is 0 Å².